The number of anilines is 1. The molecule has 13 nitrogen and oxygen atoms in total. The first-order valence-corrected chi connectivity index (χ1v) is 21.5. The molecule has 2 heterocycles. The van der Waals surface area contributed by atoms with Gasteiger partial charge >= 0.3 is 14.0 Å². The van der Waals surface area contributed by atoms with Crippen molar-refractivity contribution in [3.05, 3.63) is 123 Å². The predicted octanol–water partition coefficient (Wildman–Crippen LogP) is 8.03. The fourth-order valence-electron chi connectivity index (χ4n) is 6.63. The molecule has 1 unspecified atom stereocenters. The van der Waals surface area contributed by atoms with Crippen molar-refractivity contribution in [2.75, 3.05) is 38.7 Å². The van der Waals surface area contributed by atoms with E-state index in [2.05, 4.69) is 27.8 Å². The first-order valence-electron chi connectivity index (χ1n) is 19.3. The Morgan fingerprint density at radius 1 is 0.902 bits per heavy atom. The number of carbonyl (C=O) groups excluding carboxylic acids is 1. The van der Waals surface area contributed by atoms with Crippen molar-refractivity contribution in [2.24, 2.45) is 0 Å². The van der Waals surface area contributed by atoms with Crippen molar-refractivity contribution in [2.45, 2.75) is 63.8 Å². The molecule has 7 N–H and O–H groups in total. The maximum atomic E-state index is 14.7. The number of benzene rings is 3. The molecular weight excluding hydrogens is 863 g/mol. The molecule has 0 aliphatic heterocycles. The summed E-state index contributed by atoms with van der Waals surface area (Å²) in [5.41, 5.74) is 0.110. The number of nitrogens with zero attached hydrogens (tertiary/aromatic N) is 2. The van der Waals surface area contributed by atoms with Crippen LogP contribution in [0.3, 0.4) is 0 Å². The second-order valence-electron chi connectivity index (χ2n) is 14.0. The molecule has 0 aliphatic rings. The van der Waals surface area contributed by atoms with Crippen LogP contribution in [0.4, 0.5) is 18.9 Å². The Bertz CT molecular complexity index is 2250. The number of aryl methyl sites for hydroxylation is 1. The van der Waals surface area contributed by atoms with E-state index in [1.807, 2.05) is 18.2 Å². The first-order chi connectivity index (χ1) is 28.7. The monoisotopic (exact) mass is 911 g/mol. The highest BCUT2D eigenvalue weighted by molar-refractivity contribution is 7.46. The summed E-state index contributed by atoms with van der Waals surface area (Å²) >= 11 is 12.4. The van der Waals surface area contributed by atoms with Crippen LogP contribution in [0, 0.1) is 0 Å². The molecule has 61 heavy (non-hydrogen) atoms. The molecule has 3 aromatic carbocycles. The van der Waals surface area contributed by atoms with Gasteiger partial charge in [0.25, 0.3) is 17.1 Å². The molecular formula is C42H49Cl2F3N4O9P+. The summed E-state index contributed by atoms with van der Waals surface area (Å²) in [6.07, 6.45) is 3.29. The van der Waals surface area contributed by atoms with Gasteiger partial charge in [-0.05, 0) is 80.1 Å². The summed E-state index contributed by atoms with van der Waals surface area (Å²) in [5, 5.41) is 16.8. The van der Waals surface area contributed by atoms with Gasteiger partial charge in [-0.2, -0.15) is 17.7 Å². The number of aliphatic hydroxyl groups excluding tert-OH is 1. The summed E-state index contributed by atoms with van der Waals surface area (Å²) in [7, 11) is -4.00. The Hall–Kier alpha value is -4.35. The van der Waals surface area contributed by atoms with E-state index < -0.39 is 44.0 Å². The summed E-state index contributed by atoms with van der Waals surface area (Å²) < 4.78 is 73.1. The number of amides is 1. The number of rotatable bonds is 22. The van der Waals surface area contributed by atoms with Gasteiger partial charge in [0.1, 0.15) is 5.75 Å². The molecule has 0 aliphatic carbocycles. The molecule has 5 aromatic rings. The lowest BCUT2D eigenvalue weighted by Crippen LogP contribution is -2.44. The quantitative estimate of drug-likeness (QED) is 0.0258. The number of hydrogen-bond acceptors (Lipinski definition) is 8. The van der Waals surface area contributed by atoms with Gasteiger partial charge in [0.15, 0.2) is 12.3 Å². The van der Waals surface area contributed by atoms with Crippen molar-refractivity contribution in [3.8, 4) is 11.5 Å². The second kappa shape index (κ2) is 23.2. The lowest BCUT2D eigenvalue weighted by Gasteiger charge is -2.18. The van der Waals surface area contributed by atoms with E-state index in [9.17, 15) is 37.4 Å². The molecule has 0 spiro atoms. The van der Waals surface area contributed by atoms with E-state index in [1.165, 1.54) is 55.4 Å². The normalized spacial score (nSPS) is 12.2. The zero-order valence-electron chi connectivity index (χ0n) is 33.3. The van der Waals surface area contributed by atoms with E-state index in [0.29, 0.717) is 13.2 Å². The van der Waals surface area contributed by atoms with Gasteiger partial charge in [0.05, 0.1) is 45.5 Å². The Labute approximate surface area is 361 Å². The number of alkyl halides is 3. The number of aliphatic hydroxyl groups is 1. The topological polar surface area (TPSA) is 195 Å². The third-order valence-electron chi connectivity index (χ3n) is 9.59. The molecule has 0 radical (unpaired) electrons. The van der Waals surface area contributed by atoms with E-state index >= 15 is 0 Å². The second-order valence-corrected chi connectivity index (χ2v) is 15.9. The van der Waals surface area contributed by atoms with Gasteiger partial charge in [-0.3, -0.25) is 19.6 Å². The minimum Gasteiger partial charge on any atom is -0.490 e. The number of unbranched alkanes of at least 4 members (excludes halogenated alkanes) is 4. The van der Waals surface area contributed by atoms with E-state index in [1.54, 1.807) is 0 Å². The lowest BCUT2D eigenvalue weighted by molar-refractivity contribution is -0.682. The van der Waals surface area contributed by atoms with Crippen LogP contribution in [0.2, 0.25) is 10.0 Å². The van der Waals surface area contributed by atoms with Crippen LogP contribution in [0.25, 0.3) is 10.9 Å². The predicted molar refractivity (Wildman–Crippen MR) is 226 cm³/mol. The highest BCUT2D eigenvalue weighted by Crippen LogP contribution is 2.41. The van der Waals surface area contributed by atoms with Crippen molar-refractivity contribution in [3.63, 3.8) is 0 Å². The number of pyridine rings is 2. The number of halogens is 5. The van der Waals surface area contributed by atoms with Crippen molar-refractivity contribution in [1.82, 2.24) is 10.3 Å². The van der Waals surface area contributed by atoms with Crippen LogP contribution < -0.4 is 24.5 Å². The maximum Gasteiger partial charge on any atom is 0.524 e. The largest absolute Gasteiger partial charge is 0.524 e. The van der Waals surface area contributed by atoms with Crippen LogP contribution in [0.15, 0.2) is 85.2 Å². The number of carbonyl (C=O) groups is 1. The van der Waals surface area contributed by atoms with Crippen molar-refractivity contribution >= 4 is 53.5 Å². The number of fused-ring (bicyclic) bond motifs is 1. The number of ether oxygens (including phenoxy) is 2. The zero-order valence-corrected chi connectivity index (χ0v) is 35.7. The number of methoxy groups -OCH3 is 1. The fourth-order valence-corrected chi connectivity index (χ4v) is 7.52. The number of phosphoric acid groups is 1. The molecule has 1 atom stereocenters. The maximum absolute atomic E-state index is 14.7. The Balaban J connectivity index is 0.00000819. The smallest absolute Gasteiger partial charge is 0.490 e. The Morgan fingerprint density at radius 3 is 2.26 bits per heavy atom. The van der Waals surface area contributed by atoms with Crippen molar-refractivity contribution < 1.29 is 61.5 Å². The highest BCUT2D eigenvalue weighted by atomic mass is 35.5. The summed E-state index contributed by atoms with van der Waals surface area (Å²) in [4.78, 5) is 37.0. The fraction of sp³-hybridized carbons (Fsp3) is 0.357. The standard InChI is InChI=1S/C42H46Cl2F3N4O8P.H2O/c1-57-36-18-16-32(41(53)50-39-33(43)24-49-25-34(39)44)31-17-19-38(42(45,46)47)51(40(31)36)27-30-15-14-29(23-37(30)59-60(54,55)56)35(52)26-48-20-8-2-3-9-21-58-22-10-7-13-28-11-5-4-6-12-28;/h4-6,11-12,14-19,23-25,35,48,52H,2-3,7-10,13,20-22,26-27H2,1H3,(H2-,49,50,53,54,55,56);1H2/p+1. The molecule has 330 valence electrons. The number of nitrogens with one attached hydrogen (secondary N) is 2. The average Bonchev–Trinajstić information content (AvgIpc) is 3.20. The molecule has 19 heteroatoms. The molecule has 2 aromatic heterocycles. The highest BCUT2D eigenvalue weighted by Gasteiger charge is 2.43. The van der Waals surface area contributed by atoms with Gasteiger partial charge in [-0.25, -0.2) is 4.57 Å². The molecule has 0 saturated heterocycles. The number of hydrogen-bond donors (Lipinski definition) is 5. The molecule has 0 saturated carbocycles. The molecule has 5 rings (SSSR count). The Morgan fingerprint density at radius 2 is 1.59 bits per heavy atom. The van der Waals surface area contributed by atoms with E-state index in [-0.39, 0.29) is 61.1 Å². The minimum absolute atomic E-state index is 0. The van der Waals surface area contributed by atoms with Crippen molar-refractivity contribution in [1.29, 1.82) is 0 Å². The third kappa shape index (κ3) is 14.4. The van der Waals surface area contributed by atoms with Crippen LogP contribution >= 0.6 is 31.0 Å². The average molecular weight is 913 g/mol. The van der Waals surface area contributed by atoms with Crippen LogP contribution in [-0.4, -0.2) is 64.7 Å². The summed E-state index contributed by atoms with van der Waals surface area (Å²) in [6, 6.07) is 18.9. The molecule has 0 fully saturated rings. The SMILES string of the molecule is COc1ccc(C(=O)Nc2c(Cl)cncc2Cl)c2ccc(C(F)(F)F)[n+](Cc3ccc(C(O)CNCCCCCCOCCCCc4ccccc4)cc3OP(=O)(O)O)c12.O. The van der Waals surface area contributed by atoms with Gasteiger partial charge in [0, 0.05) is 38.2 Å². The molecule has 0 bridgehead atoms. The van der Waals surface area contributed by atoms with Gasteiger partial charge in [0.2, 0.25) is 0 Å². The van der Waals surface area contributed by atoms with Gasteiger partial charge in [-0.1, -0.05) is 72.4 Å². The third-order valence-corrected chi connectivity index (χ3v) is 10.6. The van der Waals surface area contributed by atoms with Gasteiger partial charge in [-0.15, -0.1) is 0 Å². The van der Waals surface area contributed by atoms with E-state index in [0.717, 1.165) is 68.3 Å². The Kier molecular flexibility index (Phi) is 18.7. The van der Waals surface area contributed by atoms with Gasteiger partial charge < -0.3 is 35.2 Å². The summed E-state index contributed by atoms with van der Waals surface area (Å²) in [6.45, 7) is 1.48. The number of aromatic nitrogens is 2. The van der Waals surface area contributed by atoms with E-state index in [4.69, 9.17) is 37.2 Å². The summed E-state index contributed by atoms with van der Waals surface area (Å²) in [5.74, 6) is -1.25. The number of phosphoric ester groups is 1. The molecule has 1 amide bonds. The van der Waals surface area contributed by atoms with Crippen LogP contribution in [-0.2, 0) is 28.4 Å². The van der Waals surface area contributed by atoms with Crippen LogP contribution in [0.5, 0.6) is 11.5 Å². The van der Waals surface area contributed by atoms with Crippen LogP contribution in [0.1, 0.15) is 77.4 Å². The zero-order chi connectivity index (χ0) is 43.3. The first kappa shape index (κ1) is 49.3. The lowest BCUT2D eigenvalue weighted by atomic mass is 10.0. The minimum atomic E-state index is -5.24.